The Bertz CT molecular complexity index is 437. The van der Waals surface area contributed by atoms with E-state index in [1.54, 1.807) is 11.3 Å². The molecule has 0 radical (unpaired) electrons. The van der Waals surface area contributed by atoms with Gasteiger partial charge >= 0.3 is 0 Å². The van der Waals surface area contributed by atoms with Crippen LogP contribution in [0.1, 0.15) is 29.1 Å². The van der Waals surface area contributed by atoms with Crippen molar-refractivity contribution in [3.8, 4) is 0 Å². The summed E-state index contributed by atoms with van der Waals surface area (Å²) in [6.07, 6.45) is 3.69. The van der Waals surface area contributed by atoms with Crippen LogP contribution in [-0.4, -0.2) is 4.98 Å². The van der Waals surface area contributed by atoms with Crippen molar-refractivity contribution in [1.29, 1.82) is 0 Å². The first kappa shape index (κ1) is 11.3. The summed E-state index contributed by atoms with van der Waals surface area (Å²) in [7, 11) is 0. The zero-order valence-corrected chi connectivity index (χ0v) is 10.2. The van der Waals surface area contributed by atoms with Crippen LogP contribution in [0, 0.1) is 0 Å². The molecule has 0 bridgehead atoms. The molecule has 2 N–H and O–H groups in total. The Labute approximate surface area is 100 Å². The van der Waals surface area contributed by atoms with Crippen LogP contribution in [0.25, 0.3) is 0 Å². The molecule has 0 spiro atoms. The molecule has 2 heterocycles. The molecular formula is C13H16N2S. The molecule has 16 heavy (non-hydrogen) atoms. The molecule has 2 aromatic rings. The Morgan fingerprint density at radius 2 is 2.25 bits per heavy atom. The van der Waals surface area contributed by atoms with Gasteiger partial charge in [-0.25, -0.2) is 0 Å². The van der Waals surface area contributed by atoms with Crippen molar-refractivity contribution in [2.24, 2.45) is 5.73 Å². The van der Waals surface area contributed by atoms with E-state index in [0.717, 1.165) is 18.5 Å². The van der Waals surface area contributed by atoms with Crippen molar-refractivity contribution < 1.29 is 0 Å². The van der Waals surface area contributed by atoms with Gasteiger partial charge in [-0.3, -0.25) is 4.98 Å². The fourth-order valence-corrected chi connectivity index (χ4v) is 2.59. The van der Waals surface area contributed by atoms with Gasteiger partial charge in [-0.2, -0.15) is 0 Å². The smallest absolute Gasteiger partial charge is 0.0606 e. The Morgan fingerprint density at radius 3 is 2.94 bits per heavy atom. The molecule has 0 aromatic carbocycles. The van der Waals surface area contributed by atoms with E-state index in [-0.39, 0.29) is 6.04 Å². The first-order valence-electron chi connectivity index (χ1n) is 5.53. The molecule has 0 aliphatic carbocycles. The largest absolute Gasteiger partial charge is 0.322 e. The predicted molar refractivity (Wildman–Crippen MR) is 68.6 cm³/mol. The normalized spacial score (nSPS) is 12.6. The molecule has 84 valence electrons. The second-order valence-corrected chi connectivity index (χ2v) is 4.82. The number of nitrogens with zero attached hydrogens (tertiary/aromatic N) is 1. The van der Waals surface area contributed by atoms with E-state index in [2.05, 4.69) is 35.5 Å². The summed E-state index contributed by atoms with van der Waals surface area (Å²) in [5, 5.41) is 2.08. The van der Waals surface area contributed by atoms with E-state index in [9.17, 15) is 0 Å². The second-order valence-electron chi connectivity index (χ2n) is 3.79. The summed E-state index contributed by atoms with van der Waals surface area (Å²) in [5.74, 6) is 0. The van der Waals surface area contributed by atoms with Crippen molar-refractivity contribution in [2.75, 3.05) is 0 Å². The molecule has 0 saturated heterocycles. The Hall–Kier alpha value is -1.19. The minimum Gasteiger partial charge on any atom is -0.322 e. The molecule has 0 aliphatic rings. The van der Waals surface area contributed by atoms with Crippen LogP contribution in [0.4, 0.5) is 0 Å². The highest BCUT2D eigenvalue weighted by atomic mass is 32.1. The lowest BCUT2D eigenvalue weighted by Gasteiger charge is -2.13. The Balaban J connectivity index is 2.17. The summed E-state index contributed by atoms with van der Waals surface area (Å²) in [6.45, 7) is 2.14. The van der Waals surface area contributed by atoms with Gasteiger partial charge in [0.25, 0.3) is 0 Å². The van der Waals surface area contributed by atoms with Crippen LogP contribution in [0.15, 0.2) is 35.8 Å². The van der Waals surface area contributed by atoms with Gasteiger partial charge in [-0.1, -0.05) is 19.1 Å². The van der Waals surface area contributed by atoms with Crippen molar-refractivity contribution >= 4 is 11.3 Å². The molecule has 2 nitrogen and oxygen atoms in total. The monoisotopic (exact) mass is 232 g/mol. The van der Waals surface area contributed by atoms with Crippen molar-refractivity contribution in [1.82, 2.24) is 4.98 Å². The average Bonchev–Trinajstić information content (AvgIpc) is 2.81. The Kier molecular flexibility index (Phi) is 3.70. The third kappa shape index (κ3) is 2.49. The molecule has 0 aliphatic heterocycles. The van der Waals surface area contributed by atoms with E-state index >= 15 is 0 Å². The molecular weight excluding hydrogens is 216 g/mol. The highest BCUT2D eigenvalue weighted by Crippen LogP contribution is 2.20. The number of hydrogen-bond acceptors (Lipinski definition) is 3. The number of hydrogen-bond donors (Lipinski definition) is 1. The van der Waals surface area contributed by atoms with Gasteiger partial charge in [0.05, 0.1) is 11.7 Å². The lowest BCUT2D eigenvalue weighted by molar-refractivity contribution is 0.692. The second kappa shape index (κ2) is 5.23. The quantitative estimate of drug-likeness (QED) is 0.880. The van der Waals surface area contributed by atoms with Crippen LogP contribution in [0.5, 0.6) is 0 Å². The number of aromatic nitrogens is 1. The summed E-state index contributed by atoms with van der Waals surface area (Å²) in [6, 6.07) is 8.27. The zero-order chi connectivity index (χ0) is 11.4. The first-order chi connectivity index (χ1) is 7.81. The summed E-state index contributed by atoms with van der Waals surface area (Å²) >= 11 is 1.75. The maximum Gasteiger partial charge on any atom is 0.0606 e. The van der Waals surface area contributed by atoms with Gasteiger partial charge < -0.3 is 5.73 Å². The van der Waals surface area contributed by atoms with Crippen molar-refractivity contribution in [3.63, 3.8) is 0 Å². The van der Waals surface area contributed by atoms with Crippen LogP contribution in [0.2, 0.25) is 0 Å². The highest BCUT2D eigenvalue weighted by Gasteiger charge is 2.12. The van der Waals surface area contributed by atoms with E-state index in [1.165, 1.54) is 10.4 Å². The minimum absolute atomic E-state index is 0.00907. The molecule has 3 heteroatoms. The van der Waals surface area contributed by atoms with Crippen LogP contribution in [0.3, 0.4) is 0 Å². The fraction of sp³-hybridized carbons (Fsp3) is 0.308. The van der Waals surface area contributed by atoms with Gasteiger partial charge in [0, 0.05) is 17.5 Å². The maximum atomic E-state index is 6.21. The zero-order valence-electron chi connectivity index (χ0n) is 9.39. The predicted octanol–water partition coefficient (Wildman–Crippen LogP) is 2.95. The van der Waals surface area contributed by atoms with E-state index in [0.29, 0.717) is 0 Å². The number of aryl methyl sites for hydroxylation is 1. The average molecular weight is 232 g/mol. The molecule has 0 amide bonds. The molecule has 2 aromatic heterocycles. The molecule has 0 saturated carbocycles. The van der Waals surface area contributed by atoms with Gasteiger partial charge in [-0.15, -0.1) is 11.3 Å². The maximum absolute atomic E-state index is 6.21. The molecule has 1 unspecified atom stereocenters. The third-order valence-electron chi connectivity index (χ3n) is 2.66. The standard InChI is InChI=1S/C13H16N2S/c1-2-10-5-3-7-15-13(10)12(14)9-11-6-4-8-16-11/h3-8,12H,2,9,14H2,1H3. The van der Waals surface area contributed by atoms with Crippen LogP contribution >= 0.6 is 11.3 Å². The number of rotatable bonds is 4. The number of thiophene rings is 1. The summed E-state index contributed by atoms with van der Waals surface area (Å²) in [4.78, 5) is 5.73. The van der Waals surface area contributed by atoms with Crippen LogP contribution < -0.4 is 5.73 Å². The SMILES string of the molecule is CCc1cccnc1C(N)Cc1cccs1. The van der Waals surface area contributed by atoms with E-state index in [1.807, 2.05) is 12.3 Å². The van der Waals surface area contributed by atoms with Gasteiger partial charge in [0.15, 0.2) is 0 Å². The van der Waals surface area contributed by atoms with Crippen LogP contribution in [-0.2, 0) is 12.8 Å². The third-order valence-corrected chi connectivity index (χ3v) is 3.56. The number of nitrogens with two attached hydrogens (primary N) is 1. The lowest BCUT2D eigenvalue weighted by Crippen LogP contribution is -2.16. The van der Waals surface area contributed by atoms with Gasteiger partial charge in [-0.05, 0) is 29.5 Å². The van der Waals surface area contributed by atoms with E-state index < -0.39 is 0 Å². The van der Waals surface area contributed by atoms with Crippen molar-refractivity contribution in [3.05, 3.63) is 52.0 Å². The van der Waals surface area contributed by atoms with Gasteiger partial charge in [0.1, 0.15) is 0 Å². The van der Waals surface area contributed by atoms with Crippen molar-refractivity contribution in [2.45, 2.75) is 25.8 Å². The summed E-state index contributed by atoms with van der Waals surface area (Å²) < 4.78 is 0. The molecule has 0 fully saturated rings. The molecule has 1 atom stereocenters. The Morgan fingerprint density at radius 1 is 1.38 bits per heavy atom. The van der Waals surface area contributed by atoms with Gasteiger partial charge in [0.2, 0.25) is 0 Å². The first-order valence-corrected chi connectivity index (χ1v) is 6.41. The minimum atomic E-state index is 0.00907. The number of pyridine rings is 1. The lowest BCUT2D eigenvalue weighted by atomic mass is 10.0. The highest BCUT2D eigenvalue weighted by molar-refractivity contribution is 7.09. The van der Waals surface area contributed by atoms with E-state index in [4.69, 9.17) is 5.73 Å². The molecule has 2 rings (SSSR count). The summed E-state index contributed by atoms with van der Waals surface area (Å²) in [5.41, 5.74) is 8.50. The topological polar surface area (TPSA) is 38.9 Å². The fourth-order valence-electron chi connectivity index (χ4n) is 1.83.